The molecule has 2 aromatic rings. The number of hydrogen-bond donors (Lipinski definition) is 2. The first-order chi connectivity index (χ1) is 13.4. The Hall–Kier alpha value is -1.67. The fraction of sp³-hybridized carbons (Fsp3) is 0.421. The van der Waals surface area contributed by atoms with E-state index in [0.717, 1.165) is 31.2 Å². The number of piperidine rings is 1. The maximum Gasteiger partial charge on any atom is 0.253 e. The van der Waals surface area contributed by atoms with Gasteiger partial charge in [0.05, 0.1) is 22.8 Å². The highest BCUT2D eigenvalue weighted by Gasteiger charge is 2.17. The molecular formula is C19H22Cl2N4O2S. The fourth-order valence-corrected chi connectivity index (χ4v) is 4.19. The van der Waals surface area contributed by atoms with E-state index >= 15 is 0 Å². The van der Waals surface area contributed by atoms with Gasteiger partial charge in [-0.2, -0.15) is 0 Å². The van der Waals surface area contributed by atoms with E-state index < -0.39 is 5.91 Å². The number of thiazole rings is 1. The second-order valence-electron chi connectivity index (χ2n) is 6.96. The number of carbonyl (C=O) groups excluding carboxylic acids is 2. The van der Waals surface area contributed by atoms with Crippen molar-refractivity contribution in [2.75, 3.05) is 25.0 Å². The summed E-state index contributed by atoms with van der Waals surface area (Å²) >= 11 is 13.2. The number of aromatic nitrogens is 1. The van der Waals surface area contributed by atoms with Crippen LogP contribution in [0.2, 0.25) is 10.0 Å². The molecule has 1 aliphatic rings. The minimum absolute atomic E-state index is 0.170. The first-order valence-electron chi connectivity index (χ1n) is 9.10. The van der Waals surface area contributed by atoms with Crippen LogP contribution in [0.3, 0.4) is 0 Å². The number of likely N-dealkylation sites (tertiary alicyclic amines) is 1. The topological polar surface area (TPSA) is 74.3 Å². The molecule has 2 heterocycles. The molecule has 0 aliphatic carbocycles. The van der Waals surface area contributed by atoms with Crippen molar-refractivity contribution in [1.82, 2.24) is 15.2 Å². The fourth-order valence-electron chi connectivity index (χ4n) is 2.98. The van der Waals surface area contributed by atoms with Gasteiger partial charge in [-0.1, -0.05) is 30.1 Å². The number of halogens is 2. The number of benzene rings is 1. The Morgan fingerprint density at radius 2 is 2.04 bits per heavy atom. The Morgan fingerprint density at radius 3 is 2.75 bits per heavy atom. The molecule has 0 atom stereocenters. The van der Waals surface area contributed by atoms with Gasteiger partial charge >= 0.3 is 0 Å². The van der Waals surface area contributed by atoms with E-state index in [1.54, 1.807) is 6.07 Å². The average Bonchev–Trinajstić information content (AvgIpc) is 3.08. The smallest absolute Gasteiger partial charge is 0.253 e. The maximum absolute atomic E-state index is 12.1. The van der Waals surface area contributed by atoms with Gasteiger partial charge in [-0.3, -0.25) is 14.5 Å². The molecule has 0 bridgehead atoms. The van der Waals surface area contributed by atoms with Crippen molar-refractivity contribution < 1.29 is 9.59 Å². The number of rotatable bonds is 6. The highest BCUT2D eigenvalue weighted by molar-refractivity contribution is 7.13. The van der Waals surface area contributed by atoms with Gasteiger partial charge < -0.3 is 10.6 Å². The van der Waals surface area contributed by atoms with Crippen molar-refractivity contribution in [2.24, 2.45) is 5.92 Å². The summed E-state index contributed by atoms with van der Waals surface area (Å²) in [7, 11) is 0. The number of amides is 2. The molecule has 2 N–H and O–H groups in total. The molecule has 0 unspecified atom stereocenters. The molecule has 0 spiro atoms. The summed E-state index contributed by atoms with van der Waals surface area (Å²) < 4.78 is 0. The van der Waals surface area contributed by atoms with Gasteiger partial charge in [0, 0.05) is 16.9 Å². The standard InChI is InChI=1S/C19H22Cl2N4O2S/c1-12-4-6-25(7-5-12)10-14-11-28-19(23-14)24-17(26)9-22-18(27)15-3-2-13(20)8-16(15)21/h2-3,8,11-12H,4-7,9-10H2,1H3,(H,22,27)(H,23,24,26). The number of carbonyl (C=O) groups is 2. The predicted molar refractivity (Wildman–Crippen MR) is 113 cm³/mol. The lowest BCUT2D eigenvalue weighted by atomic mass is 9.99. The molecule has 1 aromatic carbocycles. The van der Waals surface area contributed by atoms with Gasteiger partial charge in [0.2, 0.25) is 5.91 Å². The van der Waals surface area contributed by atoms with E-state index in [9.17, 15) is 9.59 Å². The summed E-state index contributed by atoms with van der Waals surface area (Å²) in [5.41, 5.74) is 1.22. The monoisotopic (exact) mass is 440 g/mol. The number of nitrogens with zero attached hydrogens (tertiary/aromatic N) is 2. The third-order valence-electron chi connectivity index (χ3n) is 4.65. The summed E-state index contributed by atoms with van der Waals surface area (Å²) in [6.07, 6.45) is 2.43. The largest absolute Gasteiger partial charge is 0.343 e. The van der Waals surface area contributed by atoms with Gasteiger partial charge in [-0.15, -0.1) is 11.3 Å². The summed E-state index contributed by atoms with van der Waals surface area (Å²) in [4.78, 5) is 31.1. The van der Waals surface area contributed by atoms with Crippen molar-refractivity contribution in [2.45, 2.75) is 26.3 Å². The number of nitrogens with one attached hydrogen (secondary N) is 2. The van der Waals surface area contributed by atoms with Crippen LogP contribution in [0.15, 0.2) is 23.6 Å². The third-order valence-corrected chi connectivity index (χ3v) is 6.00. The average molecular weight is 441 g/mol. The molecule has 1 aliphatic heterocycles. The third kappa shape index (κ3) is 5.91. The highest BCUT2D eigenvalue weighted by Crippen LogP contribution is 2.22. The molecule has 0 saturated carbocycles. The van der Waals surface area contributed by atoms with Gasteiger partial charge in [-0.05, 0) is 50.0 Å². The molecule has 1 aromatic heterocycles. The zero-order valence-electron chi connectivity index (χ0n) is 15.5. The first kappa shape index (κ1) is 21.0. The lowest BCUT2D eigenvalue weighted by Gasteiger charge is -2.29. The Balaban J connectivity index is 1.46. The van der Waals surface area contributed by atoms with Crippen LogP contribution in [0, 0.1) is 5.92 Å². The van der Waals surface area contributed by atoms with Crippen LogP contribution in [0.5, 0.6) is 0 Å². The molecule has 6 nitrogen and oxygen atoms in total. The predicted octanol–water partition coefficient (Wildman–Crippen LogP) is 4.05. The maximum atomic E-state index is 12.1. The van der Waals surface area contributed by atoms with Crippen LogP contribution < -0.4 is 10.6 Å². The summed E-state index contributed by atoms with van der Waals surface area (Å²) in [5, 5.41) is 8.43. The van der Waals surface area contributed by atoms with Gasteiger partial charge in [-0.25, -0.2) is 4.98 Å². The normalized spacial score (nSPS) is 15.4. The first-order valence-corrected chi connectivity index (χ1v) is 10.7. The zero-order chi connectivity index (χ0) is 20.1. The molecule has 1 saturated heterocycles. The van der Waals surface area contributed by atoms with Gasteiger partial charge in [0.25, 0.3) is 5.91 Å². The van der Waals surface area contributed by atoms with E-state index in [1.807, 2.05) is 5.38 Å². The van der Waals surface area contributed by atoms with Crippen LogP contribution in [0.4, 0.5) is 5.13 Å². The van der Waals surface area contributed by atoms with Crippen molar-refractivity contribution in [3.05, 3.63) is 44.9 Å². The molecule has 9 heteroatoms. The SMILES string of the molecule is CC1CCN(Cc2csc(NC(=O)CNC(=O)c3ccc(Cl)cc3Cl)n2)CC1. The number of hydrogen-bond acceptors (Lipinski definition) is 5. The molecule has 1 fully saturated rings. The molecule has 2 amide bonds. The van der Waals surface area contributed by atoms with Crippen LogP contribution >= 0.6 is 34.5 Å². The quantitative estimate of drug-likeness (QED) is 0.710. The molecule has 150 valence electrons. The lowest BCUT2D eigenvalue weighted by molar-refractivity contribution is -0.115. The number of anilines is 1. The second-order valence-corrected chi connectivity index (χ2v) is 8.66. The zero-order valence-corrected chi connectivity index (χ0v) is 17.8. The van der Waals surface area contributed by atoms with E-state index in [0.29, 0.717) is 10.2 Å². The van der Waals surface area contributed by atoms with E-state index in [-0.39, 0.29) is 23.0 Å². The second kappa shape index (κ2) is 9.69. The van der Waals surface area contributed by atoms with Crippen LogP contribution in [0.1, 0.15) is 35.8 Å². The Labute approximate surface area is 178 Å². The Morgan fingerprint density at radius 1 is 1.29 bits per heavy atom. The minimum atomic E-state index is -0.434. The van der Waals surface area contributed by atoms with Crippen molar-refractivity contribution in [1.29, 1.82) is 0 Å². The highest BCUT2D eigenvalue weighted by atomic mass is 35.5. The minimum Gasteiger partial charge on any atom is -0.343 e. The van der Waals surface area contributed by atoms with Crippen LogP contribution in [-0.4, -0.2) is 41.3 Å². The van der Waals surface area contributed by atoms with Gasteiger partial charge in [0.15, 0.2) is 5.13 Å². The molecule has 0 radical (unpaired) electrons. The molecule has 28 heavy (non-hydrogen) atoms. The van der Waals surface area contributed by atoms with E-state index in [2.05, 4.69) is 27.4 Å². The Bertz CT molecular complexity index is 850. The van der Waals surface area contributed by atoms with E-state index in [1.165, 1.54) is 36.3 Å². The summed E-state index contributed by atoms with van der Waals surface area (Å²) in [5.74, 6) is 0.0154. The van der Waals surface area contributed by atoms with Gasteiger partial charge in [0.1, 0.15) is 0 Å². The summed E-state index contributed by atoms with van der Waals surface area (Å²) in [6, 6.07) is 4.58. The molecular weight excluding hydrogens is 419 g/mol. The Kier molecular flexibility index (Phi) is 7.29. The van der Waals surface area contributed by atoms with Crippen LogP contribution in [0.25, 0.3) is 0 Å². The lowest BCUT2D eigenvalue weighted by Crippen LogP contribution is -2.33. The molecule has 3 rings (SSSR count). The summed E-state index contributed by atoms with van der Waals surface area (Å²) in [6.45, 7) is 5.08. The van der Waals surface area contributed by atoms with Crippen LogP contribution in [-0.2, 0) is 11.3 Å². The van der Waals surface area contributed by atoms with E-state index in [4.69, 9.17) is 23.2 Å². The van der Waals surface area contributed by atoms with Crippen molar-refractivity contribution >= 4 is 51.5 Å². The van der Waals surface area contributed by atoms with Crippen molar-refractivity contribution in [3.63, 3.8) is 0 Å². The van der Waals surface area contributed by atoms with Crippen molar-refractivity contribution in [3.8, 4) is 0 Å².